The van der Waals surface area contributed by atoms with Gasteiger partial charge in [0.05, 0.1) is 24.5 Å². The minimum absolute atomic E-state index is 0.141. The molecule has 3 rings (SSSR count). The molecule has 1 fully saturated rings. The van der Waals surface area contributed by atoms with Crippen LogP contribution in [-0.2, 0) is 11.2 Å². The molecule has 0 bridgehead atoms. The topological polar surface area (TPSA) is 67.6 Å². The van der Waals surface area contributed by atoms with E-state index in [4.69, 9.17) is 4.74 Å². The second-order valence-corrected chi connectivity index (χ2v) is 7.29. The van der Waals surface area contributed by atoms with Gasteiger partial charge in [0.25, 0.3) is 5.56 Å². The van der Waals surface area contributed by atoms with Gasteiger partial charge >= 0.3 is 0 Å². The van der Waals surface area contributed by atoms with Crippen molar-refractivity contribution in [2.75, 3.05) is 38.6 Å². The summed E-state index contributed by atoms with van der Waals surface area (Å²) in [5.41, 5.74) is 0.976. The fourth-order valence-corrected chi connectivity index (χ4v) is 3.99. The molecule has 1 aliphatic rings. The van der Waals surface area contributed by atoms with Crippen LogP contribution in [0.5, 0.6) is 5.88 Å². The van der Waals surface area contributed by atoms with Crippen LogP contribution in [0.2, 0.25) is 0 Å². The zero-order valence-corrected chi connectivity index (χ0v) is 15.9. The van der Waals surface area contributed by atoms with E-state index in [1.165, 1.54) is 11.8 Å². The van der Waals surface area contributed by atoms with Crippen LogP contribution in [0.25, 0.3) is 5.69 Å². The SMILES string of the molecule is CCCc1c(O)nc(SCCN2CCOCC2)n(-c2ccccc2)c1=O. The Bertz CT molecular complexity index is 774. The van der Waals surface area contributed by atoms with E-state index in [9.17, 15) is 9.90 Å². The second kappa shape index (κ2) is 9.21. The van der Waals surface area contributed by atoms with Crippen molar-refractivity contribution in [2.24, 2.45) is 0 Å². The molecule has 6 nitrogen and oxygen atoms in total. The predicted octanol–water partition coefficient (Wildman–Crippen LogP) is 2.31. The van der Waals surface area contributed by atoms with E-state index in [-0.39, 0.29) is 11.4 Å². The number of aromatic nitrogens is 2. The summed E-state index contributed by atoms with van der Waals surface area (Å²) in [6.07, 6.45) is 1.30. The first-order valence-corrected chi connectivity index (χ1v) is 10.0. The summed E-state index contributed by atoms with van der Waals surface area (Å²) in [5, 5.41) is 10.8. The molecule has 0 atom stereocenters. The van der Waals surface area contributed by atoms with E-state index < -0.39 is 0 Å². The first kappa shape index (κ1) is 18.9. The van der Waals surface area contributed by atoms with Crippen LogP contribution in [-0.4, -0.2) is 58.2 Å². The van der Waals surface area contributed by atoms with Crippen molar-refractivity contribution in [1.82, 2.24) is 14.5 Å². The maximum absolute atomic E-state index is 13.0. The van der Waals surface area contributed by atoms with Gasteiger partial charge in [-0.05, 0) is 18.6 Å². The zero-order valence-electron chi connectivity index (χ0n) is 15.1. The van der Waals surface area contributed by atoms with Gasteiger partial charge in [-0.15, -0.1) is 0 Å². The molecule has 26 heavy (non-hydrogen) atoms. The molecule has 0 amide bonds. The Morgan fingerprint density at radius 2 is 1.96 bits per heavy atom. The quantitative estimate of drug-likeness (QED) is 0.592. The highest BCUT2D eigenvalue weighted by Gasteiger charge is 2.18. The van der Waals surface area contributed by atoms with Crippen LogP contribution in [0.15, 0.2) is 40.3 Å². The van der Waals surface area contributed by atoms with Crippen molar-refractivity contribution >= 4 is 11.8 Å². The van der Waals surface area contributed by atoms with Gasteiger partial charge in [0.2, 0.25) is 5.88 Å². The molecule has 140 valence electrons. The number of ether oxygens (including phenoxy) is 1. The molecule has 1 aromatic carbocycles. The number of hydrogen-bond donors (Lipinski definition) is 1. The second-order valence-electron chi connectivity index (χ2n) is 6.23. The molecule has 0 aliphatic carbocycles. The molecule has 0 saturated carbocycles. The van der Waals surface area contributed by atoms with Crippen molar-refractivity contribution < 1.29 is 9.84 Å². The molecule has 0 radical (unpaired) electrons. The van der Waals surface area contributed by atoms with E-state index >= 15 is 0 Å². The first-order valence-electron chi connectivity index (χ1n) is 9.04. The number of thioether (sulfide) groups is 1. The molecule has 2 heterocycles. The van der Waals surface area contributed by atoms with Crippen LogP contribution in [0, 0.1) is 0 Å². The third-order valence-electron chi connectivity index (χ3n) is 4.38. The molecule has 0 unspecified atom stereocenters. The molecule has 7 heteroatoms. The standard InChI is InChI=1S/C19H25N3O3S/c1-2-6-16-17(23)20-19(26-14-11-21-9-12-25-13-10-21)22(18(16)24)15-7-4-3-5-8-15/h3-5,7-8,23H,2,6,9-14H2,1H3. The van der Waals surface area contributed by atoms with Crippen molar-refractivity contribution in [1.29, 1.82) is 0 Å². The Morgan fingerprint density at radius 1 is 1.23 bits per heavy atom. The number of para-hydroxylation sites is 1. The highest BCUT2D eigenvalue weighted by Crippen LogP contribution is 2.23. The van der Waals surface area contributed by atoms with E-state index in [0.717, 1.165) is 50.7 Å². The molecular weight excluding hydrogens is 350 g/mol. The summed E-state index contributed by atoms with van der Waals surface area (Å²) in [7, 11) is 0. The summed E-state index contributed by atoms with van der Waals surface area (Å²) in [6, 6.07) is 9.50. The minimum atomic E-state index is -0.181. The fraction of sp³-hybridized carbons (Fsp3) is 0.474. The number of hydrogen-bond acceptors (Lipinski definition) is 6. The van der Waals surface area contributed by atoms with Gasteiger partial charge in [-0.2, -0.15) is 4.98 Å². The molecule has 2 aromatic rings. The number of morpholine rings is 1. The number of aromatic hydroxyl groups is 1. The monoisotopic (exact) mass is 375 g/mol. The fourth-order valence-electron chi connectivity index (χ4n) is 2.99. The summed E-state index contributed by atoms with van der Waals surface area (Å²) in [6.45, 7) is 6.28. The number of benzene rings is 1. The van der Waals surface area contributed by atoms with E-state index in [0.29, 0.717) is 17.1 Å². The lowest BCUT2D eigenvalue weighted by atomic mass is 10.2. The Kier molecular flexibility index (Phi) is 6.71. The van der Waals surface area contributed by atoms with Gasteiger partial charge in [-0.25, -0.2) is 0 Å². The Labute approximate surface area is 157 Å². The zero-order chi connectivity index (χ0) is 18.4. The third kappa shape index (κ3) is 4.47. The molecule has 1 aliphatic heterocycles. The Balaban J connectivity index is 1.86. The number of rotatable bonds is 7. The van der Waals surface area contributed by atoms with E-state index in [1.54, 1.807) is 4.57 Å². The highest BCUT2D eigenvalue weighted by molar-refractivity contribution is 7.99. The largest absolute Gasteiger partial charge is 0.493 e. The van der Waals surface area contributed by atoms with E-state index in [2.05, 4.69) is 9.88 Å². The third-order valence-corrected chi connectivity index (χ3v) is 5.30. The highest BCUT2D eigenvalue weighted by atomic mass is 32.2. The predicted molar refractivity (Wildman–Crippen MR) is 103 cm³/mol. The first-order chi connectivity index (χ1) is 12.7. The number of nitrogens with zero attached hydrogens (tertiary/aromatic N) is 3. The maximum Gasteiger partial charge on any atom is 0.265 e. The van der Waals surface area contributed by atoms with Crippen LogP contribution in [0.4, 0.5) is 0 Å². The van der Waals surface area contributed by atoms with E-state index in [1.807, 2.05) is 37.3 Å². The lowest BCUT2D eigenvalue weighted by Gasteiger charge is -2.26. The smallest absolute Gasteiger partial charge is 0.265 e. The summed E-state index contributed by atoms with van der Waals surface area (Å²) in [4.78, 5) is 19.7. The lowest BCUT2D eigenvalue weighted by molar-refractivity contribution is 0.0410. The van der Waals surface area contributed by atoms with Crippen molar-refractivity contribution in [3.05, 3.63) is 46.2 Å². The molecule has 1 aromatic heterocycles. The Hall–Kier alpha value is -1.83. The molecule has 1 N–H and O–H groups in total. The van der Waals surface area contributed by atoms with Crippen LogP contribution < -0.4 is 5.56 Å². The average Bonchev–Trinajstić information content (AvgIpc) is 2.67. The van der Waals surface area contributed by atoms with Crippen molar-refractivity contribution in [3.63, 3.8) is 0 Å². The maximum atomic E-state index is 13.0. The van der Waals surface area contributed by atoms with Gasteiger partial charge in [0, 0.05) is 25.4 Å². The minimum Gasteiger partial charge on any atom is -0.493 e. The van der Waals surface area contributed by atoms with Gasteiger partial charge in [0.15, 0.2) is 5.16 Å². The van der Waals surface area contributed by atoms with Gasteiger partial charge in [-0.3, -0.25) is 14.3 Å². The van der Waals surface area contributed by atoms with Crippen LogP contribution in [0.1, 0.15) is 18.9 Å². The molecule has 0 spiro atoms. The van der Waals surface area contributed by atoms with Crippen molar-refractivity contribution in [3.8, 4) is 11.6 Å². The van der Waals surface area contributed by atoms with Gasteiger partial charge in [0.1, 0.15) is 0 Å². The summed E-state index contributed by atoms with van der Waals surface area (Å²) in [5.74, 6) is 0.657. The van der Waals surface area contributed by atoms with Crippen LogP contribution >= 0.6 is 11.8 Å². The van der Waals surface area contributed by atoms with Crippen LogP contribution in [0.3, 0.4) is 0 Å². The van der Waals surface area contributed by atoms with Gasteiger partial charge < -0.3 is 9.84 Å². The molecular formula is C19H25N3O3S. The average molecular weight is 375 g/mol. The summed E-state index contributed by atoms with van der Waals surface area (Å²) < 4.78 is 6.99. The Morgan fingerprint density at radius 3 is 2.65 bits per heavy atom. The summed E-state index contributed by atoms with van der Waals surface area (Å²) >= 11 is 1.50. The normalized spacial score (nSPS) is 15.3. The molecule has 1 saturated heterocycles. The van der Waals surface area contributed by atoms with Gasteiger partial charge in [-0.1, -0.05) is 43.3 Å². The van der Waals surface area contributed by atoms with Crippen molar-refractivity contribution in [2.45, 2.75) is 24.9 Å². The lowest BCUT2D eigenvalue weighted by Crippen LogP contribution is -2.37.